The van der Waals surface area contributed by atoms with E-state index in [1.807, 2.05) is 0 Å². The predicted octanol–water partition coefficient (Wildman–Crippen LogP) is 2.57. The fourth-order valence-corrected chi connectivity index (χ4v) is 2.74. The van der Waals surface area contributed by atoms with Gasteiger partial charge in [0.1, 0.15) is 5.82 Å². The van der Waals surface area contributed by atoms with Crippen molar-refractivity contribution in [1.82, 2.24) is 15.2 Å². The molecule has 0 aliphatic carbocycles. The molecule has 1 aromatic heterocycles. The number of hydrogen-bond acceptors (Lipinski definition) is 3. The minimum absolute atomic E-state index is 0.246. The molecule has 2 heterocycles. The molecule has 1 N–H and O–H groups in total. The molecule has 106 valence electrons. The van der Waals surface area contributed by atoms with Crippen LogP contribution >= 0.6 is 0 Å². The summed E-state index contributed by atoms with van der Waals surface area (Å²) in [6.07, 6.45) is 8.00. The van der Waals surface area contributed by atoms with Crippen LogP contribution in [0.5, 0.6) is 0 Å². The number of rotatable bonds is 6. The first-order valence-electron chi connectivity index (χ1n) is 7.33. The number of piperidine rings is 1. The Balaban J connectivity index is 1.91. The van der Waals surface area contributed by atoms with E-state index in [4.69, 9.17) is 0 Å². The lowest BCUT2D eigenvalue weighted by Gasteiger charge is -2.30. The van der Waals surface area contributed by atoms with Gasteiger partial charge in [-0.3, -0.25) is 9.88 Å². The van der Waals surface area contributed by atoms with E-state index in [0.717, 1.165) is 38.2 Å². The summed E-state index contributed by atoms with van der Waals surface area (Å²) in [6, 6.07) is 2.17. The Labute approximate surface area is 115 Å². The highest BCUT2D eigenvalue weighted by Crippen LogP contribution is 2.12. The topological polar surface area (TPSA) is 28.2 Å². The van der Waals surface area contributed by atoms with Gasteiger partial charge in [-0.1, -0.05) is 13.3 Å². The lowest BCUT2D eigenvalue weighted by atomic mass is 10.0. The summed E-state index contributed by atoms with van der Waals surface area (Å²) < 4.78 is 13.2. The van der Waals surface area contributed by atoms with E-state index >= 15 is 0 Å². The maximum absolute atomic E-state index is 13.2. The Kier molecular flexibility index (Phi) is 5.73. The van der Waals surface area contributed by atoms with Gasteiger partial charge in [-0.2, -0.15) is 0 Å². The van der Waals surface area contributed by atoms with Crippen molar-refractivity contribution in [3.63, 3.8) is 0 Å². The van der Waals surface area contributed by atoms with Crippen LogP contribution in [0.4, 0.5) is 4.39 Å². The Bertz CT molecular complexity index is 377. The first kappa shape index (κ1) is 14.4. The number of hydrogen-bond donors (Lipinski definition) is 1. The van der Waals surface area contributed by atoms with Crippen molar-refractivity contribution in [2.24, 2.45) is 0 Å². The summed E-state index contributed by atoms with van der Waals surface area (Å²) >= 11 is 0. The van der Waals surface area contributed by atoms with Crippen LogP contribution < -0.4 is 5.32 Å². The van der Waals surface area contributed by atoms with Crippen molar-refractivity contribution >= 4 is 0 Å². The van der Waals surface area contributed by atoms with Gasteiger partial charge in [0.2, 0.25) is 0 Å². The minimum atomic E-state index is -0.246. The minimum Gasteiger partial charge on any atom is -0.313 e. The molecule has 1 fully saturated rings. The molecule has 3 nitrogen and oxygen atoms in total. The molecular formula is C15H24FN3. The molecule has 1 unspecified atom stereocenters. The largest absolute Gasteiger partial charge is 0.313 e. The molecule has 19 heavy (non-hydrogen) atoms. The van der Waals surface area contributed by atoms with Crippen LogP contribution in [0.3, 0.4) is 0 Å². The zero-order chi connectivity index (χ0) is 13.5. The SMILES string of the molecule is CCCN(Cc1cncc(F)c1)CC1CCCCN1. The second-order valence-corrected chi connectivity index (χ2v) is 5.39. The highest BCUT2D eigenvalue weighted by molar-refractivity contribution is 5.10. The predicted molar refractivity (Wildman–Crippen MR) is 75.4 cm³/mol. The monoisotopic (exact) mass is 265 g/mol. The van der Waals surface area contributed by atoms with Crippen LogP contribution in [0.2, 0.25) is 0 Å². The molecular weight excluding hydrogens is 241 g/mol. The first-order chi connectivity index (χ1) is 9.28. The van der Waals surface area contributed by atoms with Crippen LogP contribution in [0.1, 0.15) is 38.2 Å². The fourth-order valence-electron chi connectivity index (χ4n) is 2.74. The van der Waals surface area contributed by atoms with E-state index in [1.165, 1.54) is 25.5 Å². The van der Waals surface area contributed by atoms with Crippen molar-refractivity contribution in [1.29, 1.82) is 0 Å². The van der Waals surface area contributed by atoms with Gasteiger partial charge in [-0.25, -0.2) is 4.39 Å². The van der Waals surface area contributed by atoms with Crippen molar-refractivity contribution in [3.05, 3.63) is 29.8 Å². The average Bonchev–Trinajstić information content (AvgIpc) is 2.40. The summed E-state index contributed by atoms with van der Waals surface area (Å²) in [4.78, 5) is 6.33. The van der Waals surface area contributed by atoms with E-state index in [2.05, 4.69) is 22.1 Å². The zero-order valence-electron chi connectivity index (χ0n) is 11.7. The molecule has 0 amide bonds. The summed E-state index contributed by atoms with van der Waals surface area (Å²) in [5.74, 6) is -0.246. The van der Waals surface area contributed by atoms with E-state index in [0.29, 0.717) is 6.04 Å². The third-order valence-corrected chi connectivity index (χ3v) is 3.60. The molecule has 1 aromatic rings. The maximum Gasteiger partial charge on any atom is 0.141 e. The van der Waals surface area contributed by atoms with Gasteiger partial charge in [0, 0.05) is 25.3 Å². The summed E-state index contributed by atoms with van der Waals surface area (Å²) in [5, 5.41) is 3.57. The third-order valence-electron chi connectivity index (χ3n) is 3.60. The number of halogens is 1. The lowest BCUT2D eigenvalue weighted by Crippen LogP contribution is -2.43. The van der Waals surface area contributed by atoms with Crippen LogP contribution in [0.25, 0.3) is 0 Å². The summed E-state index contributed by atoms with van der Waals surface area (Å²) in [7, 11) is 0. The lowest BCUT2D eigenvalue weighted by molar-refractivity contribution is 0.217. The molecule has 1 saturated heterocycles. The molecule has 2 rings (SSSR count). The van der Waals surface area contributed by atoms with Crippen LogP contribution in [-0.4, -0.2) is 35.6 Å². The van der Waals surface area contributed by atoms with Gasteiger partial charge >= 0.3 is 0 Å². The second kappa shape index (κ2) is 7.56. The zero-order valence-corrected chi connectivity index (χ0v) is 11.7. The standard InChI is InChI=1S/C15H24FN3/c1-2-7-19(12-15-5-3-4-6-18-15)11-13-8-14(16)10-17-9-13/h8-10,15,18H,2-7,11-12H2,1H3. The molecule has 1 atom stereocenters. The van der Waals surface area contributed by atoms with Gasteiger partial charge in [-0.15, -0.1) is 0 Å². The normalized spacial score (nSPS) is 19.8. The van der Waals surface area contributed by atoms with Gasteiger partial charge < -0.3 is 5.32 Å². The van der Waals surface area contributed by atoms with Crippen molar-refractivity contribution < 1.29 is 4.39 Å². The van der Waals surface area contributed by atoms with E-state index in [1.54, 1.807) is 12.3 Å². The Hall–Kier alpha value is -1.00. The van der Waals surface area contributed by atoms with Gasteiger partial charge in [0.15, 0.2) is 0 Å². The third kappa shape index (κ3) is 4.88. The fraction of sp³-hybridized carbons (Fsp3) is 0.667. The highest BCUT2D eigenvalue weighted by atomic mass is 19.1. The van der Waals surface area contributed by atoms with Crippen molar-refractivity contribution in [2.45, 2.75) is 45.2 Å². The number of nitrogens with one attached hydrogen (secondary N) is 1. The first-order valence-corrected chi connectivity index (χ1v) is 7.33. The van der Waals surface area contributed by atoms with Crippen LogP contribution in [0, 0.1) is 5.82 Å². The quantitative estimate of drug-likeness (QED) is 0.857. The number of pyridine rings is 1. The molecule has 0 radical (unpaired) electrons. The van der Waals surface area contributed by atoms with Crippen molar-refractivity contribution in [2.75, 3.05) is 19.6 Å². The Morgan fingerprint density at radius 2 is 2.32 bits per heavy atom. The molecule has 0 spiro atoms. The molecule has 0 saturated carbocycles. The summed E-state index contributed by atoms with van der Waals surface area (Å²) in [6.45, 7) is 6.20. The van der Waals surface area contributed by atoms with E-state index in [-0.39, 0.29) is 5.82 Å². The molecule has 1 aliphatic rings. The average molecular weight is 265 g/mol. The van der Waals surface area contributed by atoms with Gasteiger partial charge in [0.05, 0.1) is 6.20 Å². The van der Waals surface area contributed by atoms with E-state index < -0.39 is 0 Å². The van der Waals surface area contributed by atoms with Gasteiger partial charge in [0.25, 0.3) is 0 Å². The maximum atomic E-state index is 13.2. The van der Waals surface area contributed by atoms with Crippen LogP contribution in [-0.2, 0) is 6.54 Å². The molecule has 1 aliphatic heterocycles. The molecule has 0 bridgehead atoms. The van der Waals surface area contributed by atoms with Crippen LogP contribution in [0.15, 0.2) is 18.5 Å². The summed E-state index contributed by atoms with van der Waals surface area (Å²) in [5.41, 5.74) is 0.962. The highest BCUT2D eigenvalue weighted by Gasteiger charge is 2.16. The Morgan fingerprint density at radius 3 is 3.00 bits per heavy atom. The second-order valence-electron chi connectivity index (χ2n) is 5.39. The van der Waals surface area contributed by atoms with Crippen molar-refractivity contribution in [3.8, 4) is 0 Å². The molecule has 4 heteroatoms. The van der Waals surface area contributed by atoms with Gasteiger partial charge in [-0.05, 0) is 44.0 Å². The smallest absolute Gasteiger partial charge is 0.141 e. The number of aromatic nitrogens is 1. The number of nitrogens with zero attached hydrogens (tertiary/aromatic N) is 2. The molecule has 0 aromatic carbocycles. The Morgan fingerprint density at radius 1 is 1.42 bits per heavy atom. The van der Waals surface area contributed by atoms with E-state index in [9.17, 15) is 4.39 Å².